The Morgan fingerprint density at radius 1 is 1.30 bits per heavy atom. The molecule has 1 aliphatic rings. The van der Waals surface area contributed by atoms with Gasteiger partial charge < -0.3 is 25.4 Å². The number of benzene rings is 2. The molecular weight excluding hydrogens is 481 g/mol. The molecule has 2 heterocycles. The third-order valence-corrected chi connectivity index (χ3v) is 7.61. The number of nitrogens with one attached hydrogen (secondary N) is 3. The van der Waals surface area contributed by atoms with Gasteiger partial charge in [0.05, 0.1) is 27.6 Å². The first kappa shape index (κ1) is 24.0. The van der Waals surface area contributed by atoms with E-state index in [2.05, 4.69) is 25.8 Å². The zero-order valence-corrected chi connectivity index (χ0v) is 20.6. The van der Waals surface area contributed by atoms with Crippen molar-refractivity contribution in [3.8, 4) is 0 Å². The van der Waals surface area contributed by atoms with Gasteiger partial charge >= 0.3 is 0 Å². The number of rotatable bonds is 8. The number of halogens is 2. The molecule has 1 fully saturated rings. The maximum Gasteiger partial charge on any atom is 0.137 e. The lowest BCUT2D eigenvalue weighted by Crippen LogP contribution is -2.44. The van der Waals surface area contributed by atoms with Crippen LogP contribution < -0.4 is 20.9 Å². The van der Waals surface area contributed by atoms with E-state index in [9.17, 15) is 8.94 Å². The van der Waals surface area contributed by atoms with Gasteiger partial charge in [-0.3, -0.25) is 0 Å². The number of piperidine rings is 1. The summed E-state index contributed by atoms with van der Waals surface area (Å²) in [5, 5.41) is 13.8. The van der Waals surface area contributed by atoms with Gasteiger partial charge in [-0.25, -0.2) is 20.1 Å². The first-order valence-corrected chi connectivity index (χ1v) is 13.2. The van der Waals surface area contributed by atoms with Crippen LogP contribution in [0.1, 0.15) is 12.8 Å². The molecule has 0 spiro atoms. The van der Waals surface area contributed by atoms with Crippen LogP contribution in [0.4, 0.5) is 27.3 Å². The van der Waals surface area contributed by atoms with Crippen LogP contribution in [0.5, 0.6) is 0 Å². The summed E-state index contributed by atoms with van der Waals surface area (Å²) in [5.74, 6) is 0.483. The molecule has 176 valence electrons. The summed E-state index contributed by atoms with van der Waals surface area (Å²) in [6.45, 7) is 2.11. The Morgan fingerprint density at radius 2 is 2.15 bits per heavy atom. The van der Waals surface area contributed by atoms with Crippen molar-refractivity contribution >= 4 is 62.0 Å². The van der Waals surface area contributed by atoms with Gasteiger partial charge in [-0.15, -0.1) is 11.3 Å². The van der Waals surface area contributed by atoms with Crippen LogP contribution >= 0.6 is 33.7 Å². The fourth-order valence-electron chi connectivity index (χ4n) is 3.79. The van der Waals surface area contributed by atoms with Crippen molar-refractivity contribution in [3.63, 3.8) is 0 Å². The molecule has 33 heavy (non-hydrogen) atoms. The first-order chi connectivity index (χ1) is 16.0. The largest absolute Gasteiger partial charge is 0.799 e. The number of likely N-dealkylation sites (N-methyl/N-ethyl adjacent to an activating group) is 1. The molecule has 3 N–H and O–H groups in total. The number of anilines is 4. The third kappa shape index (κ3) is 6.24. The molecule has 1 aliphatic heterocycles. The molecule has 6 nitrogen and oxygen atoms in total. The second-order valence-corrected chi connectivity index (χ2v) is 10.2. The smallest absolute Gasteiger partial charge is 0.137 e. The van der Waals surface area contributed by atoms with E-state index in [1.54, 1.807) is 41.2 Å². The van der Waals surface area contributed by atoms with Gasteiger partial charge in [0.1, 0.15) is 11.6 Å². The van der Waals surface area contributed by atoms with Crippen molar-refractivity contribution in [2.45, 2.75) is 23.8 Å². The van der Waals surface area contributed by atoms with Gasteiger partial charge in [-0.1, -0.05) is 17.0 Å². The zero-order valence-electron chi connectivity index (χ0n) is 18.2. The van der Waals surface area contributed by atoms with E-state index < -0.39 is 10.8 Å². The van der Waals surface area contributed by atoms with E-state index in [4.69, 9.17) is 11.6 Å². The van der Waals surface area contributed by atoms with Gasteiger partial charge in [0.2, 0.25) is 0 Å². The minimum Gasteiger partial charge on any atom is -0.799 e. The topological polar surface area (TPSA) is 75.3 Å². The van der Waals surface area contributed by atoms with E-state index in [0.29, 0.717) is 28.2 Å². The lowest BCUT2D eigenvalue weighted by molar-refractivity contribution is 0.449. The normalized spacial score (nSPS) is 17.2. The van der Waals surface area contributed by atoms with Crippen LogP contribution in [0.25, 0.3) is 0 Å². The second kappa shape index (κ2) is 11.3. The molecule has 1 unspecified atom stereocenters. The number of hydrogen-bond donors (Lipinski definition) is 3. The van der Waals surface area contributed by atoms with Crippen LogP contribution in [-0.2, 0) is 0 Å². The zero-order chi connectivity index (χ0) is 23.2. The van der Waals surface area contributed by atoms with Crippen molar-refractivity contribution in [2.24, 2.45) is 0 Å². The first-order valence-electron chi connectivity index (χ1n) is 10.7. The number of aromatic nitrogens is 1. The van der Waals surface area contributed by atoms with Crippen molar-refractivity contribution in [2.75, 3.05) is 42.2 Å². The SMILES string of the molecule is CN[C@@H]1CCCN(c2cc(F)ccc2Nc2ccc(S([O-])=CCNc3cscn3)cc2Cl)C1. The summed E-state index contributed by atoms with van der Waals surface area (Å²) in [4.78, 5) is 6.94. The van der Waals surface area contributed by atoms with Crippen molar-refractivity contribution < 1.29 is 8.94 Å². The van der Waals surface area contributed by atoms with Crippen molar-refractivity contribution in [1.82, 2.24) is 10.3 Å². The molecule has 3 aromatic rings. The molecule has 4 rings (SSSR count). The summed E-state index contributed by atoms with van der Waals surface area (Å²) in [5.41, 5.74) is 4.00. The molecule has 1 aromatic heterocycles. The number of thiazole rings is 1. The Labute approximate surface area is 204 Å². The van der Waals surface area contributed by atoms with Crippen LogP contribution in [0.3, 0.4) is 0 Å². The van der Waals surface area contributed by atoms with Gasteiger partial charge in [-0.05, 0) is 61.2 Å². The molecule has 0 saturated carbocycles. The molecule has 2 atom stereocenters. The highest BCUT2D eigenvalue weighted by atomic mass is 35.5. The van der Waals surface area contributed by atoms with E-state index in [1.807, 2.05) is 12.4 Å². The molecule has 0 aliphatic carbocycles. The highest BCUT2D eigenvalue weighted by Gasteiger charge is 2.21. The van der Waals surface area contributed by atoms with Crippen molar-refractivity contribution in [1.29, 1.82) is 0 Å². The molecule has 1 saturated heterocycles. The molecule has 10 heteroatoms. The summed E-state index contributed by atoms with van der Waals surface area (Å²) >= 11 is 8.02. The predicted octanol–water partition coefficient (Wildman–Crippen LogP) is 5.54. The fourth-order valence-corrected chi connectivity index (χ4v) is 5.45. The minimum absolute atomic E-state index is 0.277. The monoisotopic (exact) mass is 506 g/mol. The van der Waals surface area contributed by atoms with E-state index in [-0.39, 0.29) is 5.82 Å². The van der Waals surface area contributed by atoms with Crippen LogP contribution in [0, 0.1) is 5.82 Å². The summed E-state index contributed by atoms with van der Waals surface area (Å²) in [6.07, 6.45) is 2.14. The Balaban J connectivity index is 1.49. The standard InChI is InChI=1S/C23H26ClFN5OS2/c1-26-17-3-2-9-30(13-17)22-11-16(25)4-6-21(22)29-20-7-5-18(12-19(20)24)33(31)10-8-27-23-14-32-15-28-23/h4-7,10-12,14-15,17,26-27,29H,2-3,8-9,13H2,1H3/q-1/t17-,33?/m1/s1. The van der Waals surface area contributed by atoms with Gasteiger partial charge in [0, 0.05) is 31.1 Å². The van der Waals surface area contributed by atoms with E-state index in [0.717, 1.165) is 43.1 Å². The minimum atomic E-state index is -1.32. The highest BCUT2D eigenvalue weighted by Crippen LogP contribution is 2.36. The molecule has 0 amide bonds. The molecule has 0 radical (unpaired) electrons. The lowest BCUT2D eigenvalue weighted by atomic mass is 10.0. The van der Waals surface area contributed by atoms with Gasteiger partial charge in [0.25, 0.3) is 0 Å². The molecular formula is C23H26ClFN5OS2-. The average molecular weight is 507 g/mol. The maximum atomic E-state index is 14.1. The van der Waals surface area contributed by atoms with E-state index in [1.165, 1.54) is 17.4 Å². The maximum absolute atomic E-state index is 14.1. The molecule has 2 aromatic carbocycles. The lowest BCUT2D eigenvalue weighted by Gasteiger charge is -2.35. The van der Waals surface area contributed by atoms with Crippen LogP contribution in [0.2, 0.25) is 5.02 Å². The second-order valence-electron chi connectivity index (χ2n) is 7.72. The summed E-state index contributed by atoms with van der Waals surface area (Å²) < 4.78 is 26.7. The Bertz CT molecular complexity index is 1110. The summed E-state index contributed by atoms with van der Waals surface area (Å²) in [7, 11) is 0.640. The third-order valence-electron chi connectivity index (χ3n) is 5.52. The fraction of sp³-hybridized carbons (Fsp3) is 0.304. The predicted molar refractivity (Wildman–Crippen MR) is 139 cm³/mol. The van der Waals surface area contributed by atoms with Crippen LogP contribution in [0.15, 0.2) is 52.2 Å². The van der Waals surface area contributed by atoms with Gasteiger partial charge in [0.15, 0.2) is 0 Å². The average Bonchev–Trinajstić information content (AvgIpc) is 3.35. The van der Waals surface area contributed by atoms with Crippen LogP contribution in [-0.4, -0.2) is 47.6 Å². The molecule has 0 bridgehead atoms. The van der Waals surface area contributed by atoms with E-state index >= 15 is 0 Å². The van der Waals surface area contributed by atoms with Gasteiger partial charge in [-0.2, -0.15) is 0 Å². The summed E-state index contributed by atoms with van der Waals surface area (Å²) in [6, 6.07) is 10.4. The Hall–Kier alpha value is -2.17. The number of nitrogens with zero attached hydrogens (tertiary/aromatic N) is 2. The highest BCUT2D eigenvalue weighted by molar-refractivity contribution is 8.10. The Kier molecular flexibility index (Phi) is 8.21. The Morgan fingerprint density at radius 3 is 2.91 bits per heavy atom. The quantitative estimate of drug-likeness (QED) is 0.348. The van der Waals surface area contributed by atoms with Crippen molar-refractivity contribution in [3.05, 3.63) is 58.1 Å². The number of hydrogen-bond acceptors (Lipinski definition) is 7.